The number of pyridine rings is 1. The van der Waals surface area contributed by atoms with E-state index in [9.17, 15) is 0 Å². The molecule has 2 aromatic heterocycles. The molecule has 2 heterocycles. The van der Waals surface area contributed by atoms with Crippen molar-refractivity contribution in [2.24, 2.45) is 0 Å². The number of benzene rings is 1. The second kappa shape index (κ2) is 4.26. The van der Waals surface area contributed by atoms with Gasteiger partial charge in [0.25, 0.3) is 0 Å². The summed E-state index contributed by atoms with van der Waals surface area (Å²) in [6, 6.07) is 13.1. The molecule has 3 rings (SSSR count). The molecule has 1 aromatic carbocycles. The first kappa shape index (κ1) is 11.0. The maximum atomic E-state index is 4.65. The van der Waals surface area contributed by atoms with Crippen LogP contribution in [0.25, 0.3) is 16.9 Å². The van der Waals surface area contributed by atoms with Crippen LogP contribution in [0.3, 0.4) is 0 Å². The Labute approximate surface area is 106 Å². The molecule has 0 N–H and O–H groups in total. The van der Waals surface area contributed by atoms with E-state index in [0.717, 1.165) is 34.7 Å². The summed E-state index contributed by atoms with van der Waals surface area (Å²) >= 11 is 0. The van der Waals surface area contributed by atoms with Gasteiger partial charge >= 0.3 is 0 Å². The molecule has 0 aliphatic heterocycles. The Morgan fingerprint density at radius 3 is 3.00 bits per heavy atom. The molecule has 0 saturated carbocycles. The molecule has 3 nitrogen and oxygen atoms in total. The van der Waals surface area contributed by atoms with Crippen molar-refractivity contribution in [3.8, 4) is 5.69 Å². The van der Waals surface area contributed by atoms with E-state index in [2.05, 4.69) is 39.7 Å². The van der Waals surface area contributed by atoms with Gasteiger partial charge in [-0.3, -0.25) is 4.57 Å². The minimum atomic E-state index is 0.879. The highest BCUT2D eigenvalue weighted by molar-refractivity contribution is 5.74. The third kappa shape index (κ3) is 1.68. The largest absolute Gasteiger partial charge is 0.281 e. The van der Waals surface area contributed by atoms with Crippen LogP contribution in [-0.2, 0) is 6.42 Å². The number of aromatic nitrogens is 3. The Morgan fingerprint density at radius 2 is 2.28 bits per heavy atom. The number of nitrogens with zero attached hydrogens (tertiary/aromatic N) is 3. The molecule has 3 heteroatoms. The summed E-state index contributed by atoms with van der Waals surface area (Å²) in [6.45, 7) is 4.14. The van der Waals surface area contributed by atoms with E-state index in [-0.39, 0.29) is 0 Å². The van der Waals surface area contributed by atoms with Crippen molar-refractivity contribution in [1.82, 2.24) is 14.5 Å². The molecule has 3 aromatic rings. The molecule has 0 amide bonds. The van der Waals surface area contributed by atoms with E-state index >= 15 is 0 Å². The zero-order chi connectivity index (χ0) is 12.5. The van der Waals surface area contributed by atoms with Gasteiger partial charge in [0.1, 0.15) is 11.3 Å². The molecule has 1 radical (unpaired) electrons. The van der Waals surface area contributed by atoms with Crippen molar-refractivity contribution in [3.05, 3.63) is 54.0 Å². The smallest absolute Gasteiger partial charge is 0.164 e. The first-order valence-electron chi connectivity index (χ1n) is 6.10. The molecule has 0 aliphatic carbocycles. The van der Waals surface area contributed by atoms with Gasteiger partial charge < -0.3 is 0 Å². The molecule has 89 valence electrons. The highest BCUT2D eigenvalue weighted by Crippen LogP contribution is 2.20. The van der Waals surface area contributed by atoms with Crippen LogP contribution in [0.1, 0.15) is 18.3 Å². The molecule has 0 saturated heterocycles. The van der Waals surface area contributed by atoms with Crippen LogP contribution in [0.15, 0.2) is 36.5 Å². The van der Waals surface area contributed by atoms with Gasteiger partial charge in [0.05, 0.1) is 0 Å². The van der Waals surface area contributed by atoms with E-state index in [4.69, 9.17) is 0 Å². The normalized spacial score (nSPS) is 11.0. The Balaban J connectivity index is 2.33. The Hall–Kier alpha value is -2.16. The standard InChI is InChI=1S/C15H14N3/c1-3-14-17-13-9-11(2)10-16-15(13)18(14)12-7-5-4-6-8-12/h4-5,7-10H,3H2,1-2H3. The van der Waals surface area contributed by atoms with Crippen LogP contribution >= 0.6 is 0 Å². The lowest BCUT2D eigenvalue weighted by Crippen LogP contribution is -2.00. The zero-order valence-corrected chi connectivity index (χ0v) is 10.5. The molecule has 0 unspecified atom stereocenters. The van der Waals surface area contributed by atoms with Gasteiger partial charge in [-0.15, -0.1) is 0 Å². The minimum Gasteiger partial charge on any atom is -0.281 e. The van der Waals surface area contributed by atoms with E-state index in [1.807, 2.05) is 31.3 Å². The van der Waals surface area contributed by atoms with Gasteiger partial charge in [-0.05, 0) is 36.8 Å². The van der Waals surface area contributed by atoms with Crippen molar-refractivity contribution in [3.63, 3.8) is 0 Å². The average Bonchev–Trinajstić information content (AvgIpc) is 2.77. The van der Waals surface area contributed by atoms with Crippen molar-refractivity contribution < 1.29 is 0 Å². The summed E-state index contributed by atoms with van der Waals surface area (Å²) in [4.78, 5) is 9.17. The van der Waals surface area contributed by atoms with Gasteiger partial charge in [-0.1, -0.05) is 19.1 Å². The lowest BCUT2D eigenvalue weighted by Gasteiger charge is -2.06. The van der Waals surface area contributed by atoms with E-state index in [1.54, 1.807) is 0 Å². The number of imidazole rings is 1. The predicted molar refractivity (Wildman–Crippen MR) is 71.8 cm³/mol. The Morgan fingerprint density at radius 1 is 1.39 bits per heavy atom. The van der Waals surface area contributed by atoms with Crippen molar-refractivity contribution in [1.29, 1.82) is 0 Å². The van der Waals surface area contributed by atoms with Gasteiger partial charge in [0, 0.05) is 18.3 Å². The summed E-state index contributed by atoms with van der Waals surface area (Å²) in [5, 5.41) is 0. The molecule has 0 fully saturated rings. The van der Waals surface area contributed by atoms with Crippen molar-refractivity contribution >= 4 is 11.2 Å². The van der Waals surface area contributed by atoms with Gasteiger partial charge in [0.15, 0.2) is 5.65 Å². The molecule has 0 spiro atoms. The highest BCUT2D eigenvalue weighted by Gasteiger charge is 2.11. The van der Waals surface area contributed by atoms with Gasteiger partial charge in [-0.25, -0.2) is 9.97 Å². The molecular weight excluding hydrogens is 222 g/mol. The van der Waals surface area contributed by atoms with Crippen LogP contribution in [-0.4, -0.2) is 14.5 Å². The van der Waals surface area contributed by atoms with E-state index < -0.39 is 0 Å². The fourth-order valence-electron chi connectivity index (χ4n) is 2.14. The average molecular weight is 236 g/mol. The molecular formula is C15H14N3. The summed E-state index contributed by atoms with van der Waals surface area (Å²) < 4.78 is 2.10. The van der Waals surface area contributed by atoms with Crippen LogP contribution in [0.5, 0.6) is 0 Å². The van der Waals surface area contributed by atoms with E-state index in [1.165, 1.54) is 0 Å². The highest BCUT2D eigenvalue weighted by atomic mass is 15.1. The summed E-state index contributed by atoms with van der Waals surface area (Å²) in [5.74, 6) is 1.03. The third-order valence-electron chi connectivity index (χ3n) is 2.97. The third-order valence-corrected chi connectivity index (χ3v) is 2.97. The van der Waals surface area contributed by atoms with Crippen LogP contribution in [0.4, 0.5) is 0 Å². The van der Waals surface area contributed by atoms with E-state index in [0.29, 0.717) is 0 Å². The molecule has 0 aliphatic rings. The zero-order valence-electron chi connectivity index (χ0n) is 10.5. The lowest BCUT2D eigenvalue weighted by molar-refractivity contribution is 0.901. The second-order valence-electron chi connectivity index (χ2n) is 4.33. The van der Waals surface area contributed by atoms with Gasteiger partial charge in [-0.2, -0.15) is 0 Å². The van der Waals surface area contributed by atoms with Crippen LogP contribution in [0.2, 0.25) is 0 Å². The fraction of sp³-hybridized carbons (Fsp3) is 0.200. The lowest BCUT2D eigenvalue weighted by atomic mass is 10.3. The summed E-state index contributed by atoms with van der Waals surface area (Å²) in [5.41, 5.74) is 4.07. The first-order chi connectivity index (χ1) is 8.79. The Bertz CT molecular complexity index is 684. The first-order valence-corrected chi connectivity index (χ1v) is 6.10. The second-order valence-corrected chi connectivity index (χ2v) is 4.33. The van der Waals surface area contributed by atoms with Crippen LogP contribution < -0.4 is 0 Å². The number of aryl methyl sites for hydroxylation is 2. The molecule has 0 atom stereocenters. The molecule has 18 heavy (non-hydrogen) atoms. The van der Waals surface area contributed by atoms with Crippen LogP contribution in [0, 0.1) is 13.0 Å². The van der Waals surface area contributed by atoms with Crippen molar-refractivity contribution in [2.75, 3.05) is 0 Å². The topological polar surface area (TPSA) is 30.7 Å². The SMILES string of the molecule is CCc1nc2cc(C)cnc2n1-c1c[c]ccc1. The maximum Gasteiger partial charge on any atom is 0.164 e. The monoisotopic (exact) mass is 236 g/mol. The number of fused-ring (bicyclic) bond motifs is 1. The molecule has 0 bridgehead atoms. The summed E-state index contributed by atoms with van der Waals surface area (Å²) in [6.07, 6.45) is 2.76. The fourth-order valence-corrected chi connectivity index (χ4v) is 2.14. The quantitative estimate of drug-likeness (QED) is 0.684. The minimum absolute atomic E-state index is 0.879. The van der Waals surface area contributed by atoms with Crippen molar-refractivity contribution in [2.45, 2.75) is 20.3 Å². The number of hydrogen-bond acceptors (Lipinski definition) is 2. The predicted octanol–water partition coefficient (Wildman–Crippen LogP) is 3.09. The summed E-state index contributed by atoms with van der Waals surface area (Å²) in [7, 11) is 0. The van der Waals surface area contributed by atoms with Gasteiger partial charge in [0.2, 0.25) is 0 Å². The Kier molecular flexibility index (Phi) is 2.59. The number of rotatable bonds is 2. The number of hydrogen-bond donors (Lipinski definition) is 0. The maximum absolute atomic E-state index is 4.65.